The van der Waals surface area contributed by atoms with E-state index in [9.17, 15) is 4.79 Å². The number of hydrogen-bond donors (Lipinski definition) is 1. The lowest BCUT2D eigenvalue weighted by atomic mass is 10.2. The van der Waals surface area contributed by atoms with Crippen molar-refractivity contribution < 1.29 is 9.53 Å². The molecule has 1 N–H and O–H groups in total. The quantitative estimate of drug-likeness (QED) is 0.758. The van der Waals surface area contributed by atoms with Gasteiger partial charge in [-0.05, 0) is 43.3 Å². The van der Waals surface area contributed by atoms with Gasteiger partial charge in [0.1, 0.15) is 11.6 Å². The molecule has 0 spiro atoms. The van der Waals surface area contributed by atoms with Crippen molar-refractivity contribution in [3.05, 3.63) is 59.9 Å². The van der Waals surface area contributed by atoms with Crippen LogP contribution in [0, 0.1) is 0 Å². The van der Waals surface area contributed by atoms with E-state index in [1.54, 1.807) is 31.4 Å². The van der Waals surface area contributed by atoms with Gasteiger partial charge in [0, 0.05) is 25.1 Å². The number of carbonyl (C=O) groups is 1. The topological polar surface area (TPSA) is 56.2 Å². The Bertz CT molecular complexity index is 837. The minimum atomic E-state index is -0.0863. The molecule has 1 aromatic heterocycles. The van der Waals surface area contributed by atoms with Crippen LogP contribution < -0.4 is 10.1 Å². The second kappa shape index (κ2) is 7.17. The molecule has 0 unspecified atom stereocenters. The Hall–Kier alpha value is -2.82. The number of methoxy groups -OCH3 is 1. The molecular formula is C19H21N3O2. The maximum absolute atomic E-state index is 12.2. The van der Waals surface area contributed by atoms with Gasteiger partial charge in [0.15, 0.2) is 0 Å². The highest BCUT2D eigenvalue weighted by Crippen LogP contribution is 2.16. The predicted molar refractivity (Wildman–Crippen MR) is 94.4 cm³/mol. The van der Waals surface area contributed by atoms with Crippen LogP contribution in [0.5, 0.6) is 5.75 Å². The Labute approximate surface area is 141 Å². The van der Waals surface area contributed by atoms with Crippen LogP contribution in [0.15, 0.2) is 48.5 Å². The van der Waals surface area contributed by atoms with Crippen molar-refractivity contribution in [1.29, 1.82) is 0 Å². The second-order valence-electron chi connectivity index (χ2n) is 5.50. The molecule has 0 aliphatic rings. The Morgan fingerprint density at radius 2 is 1.92 bits per heavy atom. The monoisotopic (exact) mass is 323 g/mol. The zero-order valence-corrected chi connectivity index (χ0v) is 14.0. The predicted octanol–water partition coefficient (Wildman–Crippen LogP) is 3.04. The second-order valence-corrected chi connectivity index (χ2v) is 5.50. The summed E-state index contributed by atoms with van der Waals surface area (Å²) in [5.74, 6) is 1.65. The van der Waals surface area contributed by atoms with E-state index in [-0.39, 0.29) is 5.91 Å². The molecule has 3 aromatic rings. The lowest BCUT2D eigenvalue weighted by molar-refractivity contribution is 0.0954. The van der Waals surface area contributed by atoms with Crippen LogP contribution in [-0.2, 0) is 13.0 Å². The zero-order valence-electron chi connectivity index (χ0n) is 14.0. The van der Waals surface area contributed by atoms with Gasteiger partial charge in [-0.2, -0.15) is 0 Å². The molecule has 5 nitrogen and oxygen atoms in total. The summed E-state index contributed by atoms with van der Waals surface area (Å²) in [5, 5.41) is 2.95. The first-order chi connectivity index (χ1) is 11.7. The molecule has 0 bridgehead atoms. The molecule has 0 aliphatic carbocycles. The number of carbonyl (C=O) groups excluding carboxylic acids is 1. The third kappa shape index (κ3) is 3.25. The van der Waals surface area contributed by atoms with E-state index in [2.05, 4.69) is 27.9 Å². The highest BCUT2D eigenvalue weighted by molar-refractivity contribution is 5.94. The summed E-state index contributed by atoms with van der Waals surface area (Å²) in [6.45, 7) is 3.52. The minimum absolute atomic E-state index is 0.0863. The van der Waals surface area contributed by atoms with Crippen molar-refractivity contribution in [2.24, 2.45) is 0 Å². The van der Waals surface area contributed by atoms with Crippen LogP contribution in [-0.4, -0.2) is 29.1 Å². The van der Waals surface area contributed by atoms with Gasteiger partial charge in [0.2, 0.25) is 0 Å². The Morgan fingerprint density at radius 1 is 1.17 bits per heavy atom. The zero-order chi connectivity index (χ0) is 16.9. The van der Waals surface area contributed by atoms with Crippen LogP contribution in [0.25, 0.3) is 11.0 Å². The third-order valence-electron chi connectivity index (χ3n) is 4.04. The Balaban J connectivity index is 1.64. The van der Waals surface area contributed by atoms with E-state index < -0.39 is 0 Å². The fourth-order valence-corrected chi connectivity index (χ4v) is 2.80. The molecule has 2 aromatic carbocycles. The Kier molecular flexibility index (Phi) is 4.79. The molecule has 1 heterocycles. The number of hydrogen-bond acceptors (Lipinski definition) is 3. The van der Waals surface area contributed by atoms with E-state index in [1.807, 2.05) is 18.2 Å². The molecule has 124 valence electrons. The first kappa shape index (κ1) is 16.1. The van der Waals surface area contributed by atoms with Gasteiger partial charge in [-0.1, -0.05) is 12.1 Å². The molecule has 0 radical (unpaired) electrons. The summed E-state index contributed by atoms with van der Waals surface area (Å²) in [6, 6.07) is 15.2. The fourth-order valence-electron chi connectivity index (χ4n) is 2.80. The summed E-state index contributed by atoms with van der Waals surface area (Å²) >= 11 is 0. The van der Waals surface area contributed by atoms with Gasteiger partial charge in [-0.25, -0.2) is 4.98 Å². The number of nitrogens with one attached hydrogen (secondary N) is 1. The SMILES string of the molecule is CCn1c(CCNC(=O)c2ccc(OC)cc2)nc2ccccc21. The standard InChI is InChI=1S/C19H21N3O2/c1-3-22-17-7-5-4-6-16(17)21-18(22)12-13-20-19(23)14-8-10-15(24-2)11-9-14/h4-11H,3,12-13H2,1-2H3,(H,20,23). The van der Waals surface area contributed by atoms with Gasteiger partial charge in [-0.15, -0.1) is 0 Å². The number of fused-ring (bicyclic) bond motifs is 1. The number of amides is 1. The van der Waals surface area contributed by atoms with Crippen LogP contribution >= 0.6 is 0 Å². The van der Waals surface area contributed by atoms with Crippen LogP contribution in [0.4, 0.5) is 0 Å². The average Bonchev–Trinajstić information content (AvgIpc) is 2.99. The summed E-state index contributed by atoms with van der Waals surface area (Å²) in [4.78, 5) is 16.9. The van der Waals surface area contributed by atoms with Gasteiger partial charge in [0.25, 0.3) is 5.91 Å². The molecule has 0 saturated heterocycles. The van der Waals surface area contributed by atoms with E-state index in [0.29, 0.717) is 18.5 Å². The molecule has 0 atom stereocenters. The van der Waals surface area contributed by atoms with Crippen molar-refractivity contribution in [2.45, 2.75) is 19.9 Å². The summed E-state index contributed by atoms with van der Waals surface area (Å²) < 4.78 is 7.29. The molecule has 0 saturated carbocycles. The lowest BCUT2D eigenvalue weighted by Crippen LogP contribution is -2.26. The van der Waals surface area contributed by atoms with Crippen molar-refractivity contribution in [3.8, 4) is 5.75 Å². The lowest BCUT2D eigenvalue weighted by Gasteiger charge is -2.08. The maximum atomic E-state index is 12.2. The average molecular weight is 323 g/mol. The van der Waals surface area contributed by atoms with Crippen molar-refractivity contribution in [3.63, 3.8) is 0 Å². The minimum Gasteiger partial charge on any atom is -0.497 e. The summed E-state index contributed by atoms with van der Waals surface area (Å²) in [5.41, 5.74) is 2.76. The fraction of sp³-hybridized carbons (Fsp3) is 0.263. The highest BCUT2D eigenvalue weighted by Gasteiger charge is 2.10. The van der Waals surface area contributed by atoms with Gasteiger partial charge < -0.3 is 14.6 Å². The number of aryl methyl sites for hydroxylation is 1. The summed E-state index contributed by atoms with van der Waals surface area (Å²) in [7, 11) is 1.61. The molecule has 0 fully saturated rings. The number of aromatic nitrogens is 2. The van der Waals surface area contributed by atoms with E-state index in [1.165, 1.54) is 0 Å². The van der Waals surface area contributed by atoms with Gasteiger partial charge in [-0.3, -0.25) is 4.79 Å². The Morgan fingerprint density at radius 3 is 2.62 bits per heavy atom. The van der Waals surface area contributed by atoms with Gasteiger partial charge in [0.05, 0.1) is 18.1 Å². The number of para-hydroxylation sites is 2. The number of nitrogens with zero attached hydrogens (tertiary/aromatic N) is 2. The molecule has 5 heteroatoms. The van der Waals surface area contributed by atoms with E-state index in [0.717, 1.165) is 29.2 Å². The molecular weight excluding hydrogens is 302 g/mol. The van der Waals surface area contributed by atoms with Crippen LogP contribution in [0.1, 0.15) is 23.1 Å². The number of benzene rings is 2. The summed E-state index contributed by atoms with van der Waals surface area (Å²) in [6.07, 6.45) is 0.699. The molecule has 1 amide bonds. The number of imidazole rings is 1. The molecule has 24 heavy (non-hydrogen) atoms. The molecule has 0 aliphatic heterocycles. The number of ether oxygens (including phenoxy) is 1. The highest BCUT2D eigenvalue weighted by atomic mass is 16.5. The van der Waals surface area contributed by atoms with Crippen molar-refractivity contribution >= 4 is 16.9 Å². The first-order valence-corrected chi connectivity index (χ1v) is 8.09. The largest absolute Gasteiger partial charge is 0.497 e. The first-order valence-electron chi connectivity index (χ1n) is 8.09. The van der Waals surface area contributed by atoms with Crippen LogP contribution in [0.2, 0.25) is 0 Å². The number of rotatable bonds is 6. The van der Waals surface area contributed by atoms with Crippen LogP contribution in [0.3, 0.4) is 0 Å². The smallest absolute Gasteiger partial charge is 0.251 e. The third-order valence-corrected chi connectivity index (χ3v) is 4.04. The van der Waals surface area contributed by atoms with Crippen molar-refractivity contribution in [2.75, 3.05) is 13.7 Å². The molecule has 3 rings (SSSR count). The maximum Gasteiger partial charge on any atom is 0.251 e. The van der Waals surface area contributed by atoms with E-state index in [4.69, 9.17) is 4.74 Å². The van der Waals surface area contributed by atoms with E-state index >= 15 is 0 Å². The normalized spacial score (nSPS) is 10.8. The van der Waals surface area contributed by atoms with Gasteiger partial charge >= 0.3 is 0 Å². The van der Waals surface area contributed by atoms with Crippen molar-refractivity contribution in [1.82, 2.24) is 14.9 Å².